The molecule has 0 aliphatic carbocycles. The molecule has 0 saturated carbocycles. The molecule has 5 rings (SSSR count). The van der Waals surface area contributed by atoms with Crippen LogP contribution < -0.4 is 5.73 Å². The van der Waals surface area contributed by atoms with E-state index in [1.807, 2.05) is 6.07 Å². The quantitative estimate of drug-likeness (QED) is 0.495. The smallest absolute Gasteiger partial charge is 0.262 e. The number of aromatic nitrogens is 6. The summed E-state index contributed by atoms with van der Waals surface area (Å²) in [6, 6.07) is 10.3. The predicted octanol–water partition coefficient (Wildman–Crippen LogP) is 1.01. The maximum atomic E-state index is 12.3. The first-order valence-corrected chi connectivity index (χ1v) is 9.51. The second kappa shape index (κ2) is 6.99. The van der Waals surface area contributed by atoms with Gasteiger partial charge in [0.15, 0.2) is 5.76 Å². The summed E-state index contributed by atoms with van der Waals surface area (Å²) in [6.07, 6.45) is 3.52. The number of amides is 1. The van der Waals surface area contributed by atoms with E-state index in [0.29, 0.717) is 41.1 Å². The number of nitrogens with two attached hydrogens (primary N) is 1. The normalized spacial score (nSPS) is 18.6. The predicted molar refractivity (Wildman–Crippen MR) is 108 cm³/mol. The van der Waals surface area contributed by atoms with Crippen molar-refractivity contribution in [2.24, 2.45) is 0 Å². The van der Waals surface area contributed by atoms with Crippen molar-refractivity contribution in [1.29, 1.82) is 0 Å². The van der Waals surface area contributed by atoms with Crippen LogP contribution in [0.1, 0.15) is 12.2 Å². The Kier molecular flexibility index (Phi) is 4.26. The minimum Gasteiger partial charge on any atom is -0.382 e. The van der Waals surface area contributed by atoms with Crippen LogP contribution in [0.4, 0.5) is 5.82 Å². The standard InChI is InChI=1S/C20H18N8O3/c1-27-10-7-20(30,18(27)29)16-11-15(26-31-16)13-4-2-3-12(23-13)14-5-8-22-19(24-14)28-9-6-17(21)25-28/h2-6,8-9,11,30H,7,10H2,1H3,(H2,21,25). The van der Waals surface area contributed by atoms with Gasteiger partial charge >= 0.3 is 0 Å². The van der Waals surface area contributed by atoms with Gasteiger partial charge in [0.2, 0.25) is 5.60 Å². The number of likely N-dealkylation sites (tertiary alicyclic amines) is 1. The Bertz CT molecular complexity index is 1280. The number of nitrogen functional groups attached to an aromatic ring is 1. The van der Waals surface area contributed by atoms with Crippen LogP contribution in [0.5, 0.6) is 0 Å². The van der Waals surface area contributed by atoms with Gasteiger partial charge in [0.05, 0.1) is 17.1 Å². The number of nitrogens with zero attached hydrogens (tertiary/aromatic N) is 7. The average molecular weight is 418 g/mol. The second-order valence-corrected chi connectivity index (χ2v) is 7.25. The largest absolute Gasteiger partial charge is 0.382 e. The van der Waals surface area contributed by atoms with Crippen molar-refractivity contribution in [2.45, 2.75) is 12.0 Å². The van der Waals surface area contributed by atoms with Crippen molar-refractivity contribution in [3.8, 4) is 28.7 Å². The molecule has 11 heteroatoms. The molecular weight excluding hydrogens is 400 g/mol. The third-order valence-corrected chi connectivity index (χ3v) is 5.16. The summed E-state index contributed by atoms with van der Waals surface area (Å²) in [5.74, 6) is 0.412. The van der Waals surface area contributed by atoms with E-state index < -0.39 is 11.5 Å². The summed E-state index contributed by atoms with van der Waals surface area (Å²) in [4.78, 5) is 27.1. The molecule has 1 amide bonds. The fraction of sp³-hybridized carbons (Fsp3) is 0.200. The zero-order valence-corrected chi connectivity index (χ0v) is 16.5. The fourth-order valence-electron chi connectivity index (χ4n) is 3.44. The number of aliphatic hydroxyl groups is 1. The van der Waals surface area contributed by atoms with Crippen LogP contribution in [0.15, 0.2) is 53.3 Å². The van der Waals surface area contributed by atoms with Gasteiger partial charge in [0.1, 0.15) is 11.5 Å². The number of hydrogen-bond donors (Lipinski definition) is 2. The average Bonchev–Trinajstić information content (AvgIpc) is 3.52. The number of likely N-dealkylation sites (N-methyl/N-ethyl adjacent to an activating group) is 1. The van der Waals surface area contributed by atoms with E-state index in [9.17, 15) is 9.90 Å². The van der Waals surface area contributed by atoms with Crippen molar-refractivity contribution in [3.05, 3.63) is 54.6 Å². The molecule has 3 N–H and O–H groups in total. The van der Waals surface area contributed by atoms with E-state index in [0.717, 1.165) is 0 Å². The molecule has 1 fully saturated rings. The van der Waals surface area contributed by atoms with E-state index in [4.69, 9.17) is 10.3 Å². The highest BCUT2D eigenvalue weighted by atomic mass is 16.5. The van der Waals surface area contributed by atoms with E-state index in [1.54, 1.807) is 49.8 Å². The van der Waals surface area contributed by atoms with E-state index in [1.165, 1.54) is 9.58 Å². The molecule has 156 valence electrons. The number of anilines is 1. The molecular formula is C20H18N8O3. The summed E-state index contributed by atoms with van der Waals surface area (Å²) < 4.78 is 6.79. The molecule has 0 aromatic carbocycles. The summed E-state index contributed by atoms with van der Waals surface area (Å²) in [7, 11) is 1.64. The Balaban J connectivity index is 1.47. The first kappa shape index (κ1) is 18.9. The number of rotatable bonds is 4. The van der Waals surface area contributed by atoms with Crippen LogP contribution >= 0.6 is 0 Å². The maximum absolute atomic E-state index is 12.3. The monoisotopic (exact) mass is 418 g/mol. The van der Waals surface area contributed by atoms with E-state index in [-0.39, 0.29) is 12.2 Å². The Morgan fingerprint density at radius 3 is 2.61 bits per heavy atom. The molecule has 5 heterocycles. The molecule has 1 aliphatic rings. The first-order chi connectivity index (χ1) is 14.9. The molecule has 0 spiro atoms. The third kappa shape index (κ3) is 3.20. The maximum Gasteiger partial charge on any atom is 0.262 e. The van der Waals surface area contributed by atoms with Crippen LogP contribution in [0.25, 0.3) is 28.7 Å². The summed E-state index contributed by atoms with van der Waals surface area (Å²) in [6.45, 7) is 0.442. The molecule has 1 aliphatic heterocycles. The summed E-state index contributed by atoms with van der Waals surface area (Å²) >= 11 is 0. The Labute approximate surface area is 176 Å². The zero-order chi connectivity index (χ0) is 21.6. The fourth-order valence-corrected chi connectivity index (χ4v) is 3.44. The summed E-state index contributed by atoms with van der Waals surface area (Å²) in [5.41, 5.74) is 6.04. The van der Waals surface area contributed by atoms with Gasteiger partial charge in [-0.15, -0.1) is 5.10 Å². The zero-order valence-electron chi connectivity index (χ0n) is 16.5. The Hall–Kier alpha value is -4.12. The van der Waals surface area contributed by atoms with Crippen molar-refractivity contribution in [1.82, 2.24) is 34.8 Å². The van der Waals surface area contributed by atoms with Crippen LogP contribution in [0, 0.1) is 0 Å². The van der Waals surface area contributed by atoms with Gasteiger partial charge in [-0.05, 0) is 18.2 Å². The molecule has 11 nitrogen and oxygen atoms in total. The molecule has 0 bridgehead atoms. The molecule has 4 aromatic rings. The lowest BCUT2D eigenvalue weighted by Gasteiger charge is -2.16. The van der Waals surface area contributed by atoms with Crippen molar-refractivity contribution in [3.63, 3.8) is 0 Å². The van der Waals surface area contributed by atoms with Gasteiger partial charge in [0.25, 0.3) is 11.9 Å². The van der Waals surface area contributed by atoms with E-state index >= 15 is 0 Å². The Morgan fingerprint density at radius 1 is 1.13 bits per heavy atom. The van der Waals surface area contributed by atoms with Crippen molar-refractivity contribution in [2.75, 3.05) is 19.3 Å². The molecule has 4 aromatic heterocycles. The molecule has 31 heavy (non-hydrogen) atoms. The van der Waals surface area contributed by atoms with Crippen LogP contribution in [0.3, 0.4) is 0 Å². The summed E-state index contributed by atoms with van der Waals surface area (Å²) in [5, 5.41) is 18.9. The van der Waals surface area contributed by atoms with Crippen molar-refractivity contribution < 1.29 is 14.4 Å². The van der Waals surface area contributed by atoms with E-state index in [2.05, 4.69) is 25.2 Å². The minimum absolute atomic E-state index is 0.102. The van der Waals surface area contributed by atoms with Crippen molar-refractivity contribution >= 4 is 11.7 Å². The van der Waals surface area contributed by atoms with Crippen LogP contribution in [-0.2, 0) is 10.4 Å². The highest BCUT2D eigenvalue weighted by Gasteiger charge is 2.48. The van der Waals surface area contributed by atoms with Crippen LogP contribution in [0.2, 0.25) is 0 Å². The van der Waals surface area contributed by atoms with Gasteiger partial charge < -0.3 is 20.3 Å². The Morgan fingerprint density at radius 2 is 1.90 bits per heavy atom. The lowest BCUT2D eigenvalue weighted by molar-refractivity contribution is -0.144. The topological polar surface area (TPSA) is 149 Å². The number of carbonyl (C=O) groups excluding carboxylic acids is 1. The molecule has 1 unspecified atom stereocenters. The lowest BCUT2D eigenvalue weighted by atomic mass is 9.98. The van der Waals surface area contributed by atoms with Crippen LogP contribution in [-0.4, -0.2) is 59.4 Å². The molecule has 0 radical (unpaired) electrons. The highest BCUT2D eigenvalue weighted by molar-refractivity contribution is 5.87. The highest BCUT2D eigenvalue weighted by Crippen LogP contribution is 2.34. The number of hydrogen-bond acceptors (Lipinski definition) is 9. The van der Waals surface area contributed by atoms with Gasteiger partial charge in [-0.25, -0.2) is 19.6 Å². The number of carbonyl (C=O) groups is 1. The first-order valence-electron chi connectivity index (χ1n) is 9.51. The lowest BCUT2D eigenvalue weighted by Crippen LogP contribution is -2.35. The van der Waals surface area contributed by atoms with Gasteiger partial charge in [-0.2, -0.15) is 0 Å². The third-order valence-electron chi connectivity index (χ3n) is 5.16. The molecule has 1 saturated heterocycles. The molecule has 1 atom stereocenters. The second-order valence-electron chi connectivity index (χ2n) is 7.25. The minimum atomic E-state index is -1.70. The van der Waals surface area contributed by atoms with Gasteiger partial charge in [0, 0.05) is 44.5 Å². The number of pyridine rings is 1. The SMILES string of the molecule is CN1CCC(O)(c2cc(-c3cccc(-c4ccnc(-n5ccc(N)n5)n4)n3)no2)C1=O. The van der Waals surface area contributed by atoms with Gasteiger partial charge in [-0.3, -0.25) is 4.79 Å². The van der Waals surface area contributed by atoms with Gasteiger partial charge in [-0.1, -0.05) is 11.2 Å².